The maximum atomic E-state index is 13.5. The molecular formula is C14H9F2N3O. The number of benzene rings is 1. The molecule has 0 fully saturated rings. The van der Waals surface area contributed by atoms with Gasteiger partial charge in [0, 0.05) is 23.8 Å². The van der Waals surface area contributed by atoms with Crippen molar-refractivity contribution in [2.75, 3.05) is 5.32 Å². The van der Waals surface area contributed by atoms with Gasteiger partial charge in [-0.2, -0.15) is 0 Å². The van der Waals surface area contributed by atoms with Crippen LogP contribution in [0.1, 0.15) is 10.4 Å². The summed E-state index contributed by atoms with van der Waals surface area (Å²) in [4.78, 5) is 19.0. The van der Waals surface area contributed by atoms with Crippen LogP contribution in [0.5, 0.6) is 0 Å². The lowest BCUT2D eigenvalue weighted by Gasteiger charge is -2.05. The van der Waals surface area contributed by atoms with E-state index in [-0.39, 0.29) is 5.69 Å². The van der Waals surface area contributed by atoms with Crippen molar-refractivity contribution in [2.45, 2.75) is 0 Å². The number of hydrogen-bond donors (Lipinski definition) is 2. The van der Waals surface area contributed by atoms with E-state index in [0.717, 1.165) is 6.07 Å². The van der Waals surface area contributed by atoms with Crippen LogP contribution >= 0.6 is 0 Å². The van der Waals surface area contributed by atoms with Crippen LogP contribution in [0.4, 0.5) is 14.5 Å². The molecule has 0 saturated carbocycles. The van der Waals surface area contributed by atoms with Crippen LogP contribution in [0.2, 0.25) is 0 Å². The fourth-order valence-corrected chi connectivity index (χ4v) is 1.92. The second kappa shape index (κ2) is 4.73. The van der Waals surface area contributed by atoms with Crippen molar-refractivity contribution in [3.63, 3.8) is 0 Å². The van der Waals surface area contributed by atoms with Gasteiger partial charge in [-0.25, -0.2) is 13.8 Å². The number of hydrogen-bond acceptors (Lipinski definition) is 2. The zero-order chi connectivity index (χ0) is 14.1. The van der Waals surface area contributed by atoms with E-state index < -0.39 is 17.5 Å². The van der Waals surface area contributed by atoms with Crippen molar-refractivity contribution in [3.8, 4) is 0 Å². The van der Waals surface area contributed by atoms with Crippen molar-refractivity contribution in [1.82, 2.24) is 9.97 Å². The SMILES string of the molecule is O=C(Nc1ccc(F)cc1F)c1c[nH]c2ncccc12. The van der Waals surface area contributed by atoms with Gasteiger partial charge in [-0.05, 0) is 24.3 Å². The molecule has 1 aromatic carbocycles. The number of aromatic amines is 1. The first-order chi connectivity index (χ1) is 9.65. The average molecular weight is 273 g/mol. The molecule has 0 aliphatic carbocycles. The number of pyridine rings is 1. The lowest BCUT2D eigenvalue weighted by molar-refractivity contribution is 0.102. The number of anilines is 1. The standard InChI is InChI=1S/C14H9F2N3O/c15-8-3-4-12(11(16)6-8)19-14(20)10-7-18-13-9(10)2-1-5-17-13/h1-7H,(H,17,18)(H,19,20). The summed E-state index contributed by atoms with van der Waals surface area (Å²) in [5.41, 5.74) is 0.837. The highest BCUT2D eigenvalue weighted by Gasteiger charge is 2.14. The molecule has 0 bridgehead atoms. The number of rotatable bonds is 2. The fourth-order valence-electron chi connectivity index (χ4n) is 1.92. The van der Waals surface area contributed by atoms with Crippen LogP contribution in [0.15, 0.2) is 42.7 Å². The Morgan fingerprint density at radius 2 is 2.10 bits per heavy atom. The Hall–Kier alpha value is -2.76. The zero-order valence-electron chi connectivity index (χ0n) is 10.2. The summed E-state index contributed by atoms with van der Waals surface area (Å²) in [5.74, 6) is -2.01. The minimum atomic E-state index is -0.823. The fraction of sp³-hybridized carbons (Fsp3) is 0. The molecule has 0 saturated heterocycles. The molecule has 3 aromatic rings. The van der Waals surface area contributed by atoms with Crippen molar-refractivity contribution < 1.29 is 13.6 Å². The molecule has 3 rings (SSSR count). The first-order valence-corrected chi connectivity index (χ1v) is 5.83. The molecular weight excluding hydrogens is 264 g/mol. The Morgan fingerprint density at radius 1 is 1.25 bits per heavy atom. The van der Waals surface area contributed by atoms with Crippen LogP contribution in [0, 0.1) is 11.6 Å². The molecule has 0 atom stereocenters. The number of carbonyl (C=O) groups is 1. The van der Waals surface area contributed by atoms with Gasteiger partial charge in [-0.15, -0.1) is 0 Å². The van der Waals surface area contributed by atoms with Gasteiger partial charge in [-0.1, -0.05) is 0 Å². The van der Waals surface area contributed by atoms with Gasteiger partial charge >= 0.3 is 0 Å². The third-order valence-corrected chi connectivity index (χ3v) is 2.88. The van der Waals surface area contributed by atoms with Gasteiger partial charge in [0.15, 0.2) is 0 Å². The third-order valence-electron chi connectivity index (χ3n) is 2.88. The summed E-state index contributed by atoms with van der Waals surface area (Å²) in [7, 11) is 0. The summed E-state index contributed by atoms with van der Waals surface area (Å²) in [6.45, 7) is 0. The molecule has 0 aliphatic rings. The molecule has 100 valence electrons. The Balaban J connectivity index is 1.93. The summed E-state index contributed by atoms with van der Waals surface area (Å²) >= 11 is 0. The highest BCUT2D eigenvalue weighted by atomic mass is 19.1. The van der Waals surface area contributed by atoms with E-state index in [1.807, 2.05) is 0 Å². The molecule has 2 heterocycles. The monoisotopic (exact) mass is 273 g/mol. The lowest BCUT2D eigenvalue weighted by Crippen LogP contribution is -2.12. The molecule has 0 radical (unpaired) electrons. The van der Waals surface area contributed by atoms with Gasteiger partial charge < -0.3 is 10.3 Å². The highest BCUT2D eigenvalue weighted by Crippen LogP contribution is 2.19. The Bertz CT molecular complexity index is 798. The van der Waals surface area contributed by atoms with Crippen LogP contribution in [0.25, 0.3) is 11.0 Å². The molecule has 0 aliphatic heterocycles. The van der Waals surface area contributed by atoms with E-state index in [4.69, 9.17) is 0 Å². The van der Waals surface area contributed by atoms with Crippen LogP contribution in [-0.2, 0) is 0 Å². The number of carbonyl (C=O) groups excluding carboxylic acids is 1. The molecule has 2 aromatic heterocycles. The number of H-pyrrole nitrogens is 1. The Labute approximate surface area is 112 Å². The topological polar surface area (TPSA) is 57.8 Å². The van der Waals surface area contributed by atoms with Crippen LogP contribution in [0.3, 0.4) is 0 Å². The van der Waals surface area contributed by atoms with Gasteiger partial charge in [0.05, 0.1) is 11.3 Å². The van der Waals surface area contributed by atoms with E-state index >= 15 is 0 Å². The normalized spacial score (nSPS) is 10.7. The van der Waals surface area contributed by atoms with Gasteiger partial charge in [0.2, 0.25) is 0 Å². The molecule has 2 N–H and O–H groups in total. The molecule has 20 heavy (non-hydrogen) atoms. The molecule has 6 heteroatoms. The maximum Gasteiger partial charge on any atom is 0.257 e. The Kier molecular flexibility index (Phi) is 2.90. The van der Waals surface area contributed by atoms with E-state index in [2.05, 4.69) is 15.3 Å². The number of nitrogens with zero attached hydrogens (tertiary/aromatic N) is 1. The van der Waals surface area contributed by atoms with Gasteiger partial charge in [-0.3, -0.25) is 4.79 Å². The van der Waals surface area contributed by atoms with Crippen molar-refractivity contribution >= 4 is 22.6 Å². The minimum absolute atomic E-state index is 0.0744. The first kappa shape index (κ1) is 12.3. The van der Waals surface area contributed by atoms with E-state index in [1.165, 1.54) is 12.3 Å². The van der Waals surface area contributed by atoms with Crippen molar-refractivity contribution in [1.29, 1.82) is 0 Å². The second-order valence-corrected chi connectivity index (χ2v) is 4.18. The predicted molar refractivity (Wildman–Crippen MR) is 70.4 cm³/mol. The largest absolute Gasteiger partial charge is 0.345 e. The predicted octanol–water partition coefficient (Wildman–Crippen LogP) is 3.09. The highest BCUT2D eigenvalue weighted by molar-refractivity contribution is 6.12. The zero-order valence-corrected chi connectivity index (χ0v) is 10.2. The third kappa shape index (κ3) is 2.11. The minimum Gasteiger partial charge on any atom is -0.345 e. The second-order valence-electron chi connectivity index (χ2n) is 4.18. The smallest absolute Gasteiger partial charge is 0.257 e. The quantitative estimate of drug-likeness (QED) is 0.753. The van der Waals surface area contributed by atoms with E-state index in [9.17, 15) is 13.6 Å². The molecule has 4 nitrogen and oxygen atoms in total. The number of nitrogens with one attached hydrogen (secondary N) is 2. The summed E-state index contributed by atoms with van der Waals surface area (Å²) in [6, 6.07) is 6.40. The van der Waals surface area contributed by atoms with E-state index in [1.54, 1.807) is 18.3 Å². The maximum absolute atomic E-state index is 13.5. The van der Waals surface area contributed by atoms with Crippen LogP contribution < -0.4 is 5.32 Å². The number of aromatic nitrogens is 2. The number of amides is 1. The molecule has 0 spiro atoms. The van der Waals surface area contributed by atoms with Gasteiger partial charge in [0.25, 0.3) is 5.91 Å². The number of halogens is 2. The Morgan fingerprint density at radius 3 is 2.90 bits per heavy atom. The van der Waals surface area contributed by atoms with Crippen molar-refractivity contribution in [3.05, 3.63) is 59.9 Å². The average Bonchev–Trinajstić information content (AvgIpc) is 2.86. The summed E-state index contributed by atoms with van der Waals surface area (Å²) in [5, 5.41) is 3.04. The molecule has 1 amide bonds. The van der Waals surface area contributed by atoms with E-state index in [0.29, 0.717) is 22.7 Å². The van der Waals surface area contributed by atoms with Crippen molar-refractivity contribution in [2.24, 2.45) is 0 Å². The number of fused-ring (bicyclic) bond motifs is 1. The van der Waals surface area contributed by atoms with Crippen LogP contribution in [-0.4, -0.2) is 15.9 Å². The first-order valence-electron chi connectivity index (χ1n) is 5.83. The molecule has 0 unspecified atom stereocenters. The summed E-state index contributed by atoms with van der Waals surface area (Å²) in [6.07, 6.45) is 3.09. The summed E-state index contributed by atoms with van der Waals surface area (Å²) < 4.78 is 26.3. The van der Waals surface area contributed by atoms with Gasteiger partial charge in [0.1, 0.15) is 17.3 Å². The lowest BCUT2D eigenvalue weighted by atomic mass is 10.2.